The van der Waals surface area contributed by atoms with E-state index in [0.717, 1.165) is 25.8 Å². The van der Waals surface area contributed by atoms with Crippen LogP contribution in [0.3, 0.4) is 0 Å². The fourth-order valence-electron chi connectivity index (χ4n) is 2.26. The van der Waals surface area contributed by atoms with Crippen LogP contribution in [0.4, 0.5) is 8.78 Å². The third-order valence-electron chi connectivity index (χ3n) is 2.94. The molecule has 0 saturated heterocycles. The van der Waals surface area contributed by atoms with E-state index in [2.05, 4.69) is 26.1 Å². The van der Waals surface area contributed by atoms with Crippen molar-refractivity contribution in [2.24, 2.45) is 0 Å². The molecule has 0 aromatic heterocycles. The fourth-order valence-corrected chi connectivity index (χ4v) is 2.26. The number of likely N-dealkylation sites (N-methyl/N-ethyl adjacent to an activating group) is 2. The number of alkyl halides is 2. The van der Waals surface area contributed by atoms with Gasteiger partial charge in [-0.05, 0) is 26.4 Å². The summed E-state index contributed by atoms with van der Waals surface area (Å²) >= 11 is 0. The van der Waals surface area contributed by atoms with Gasteiger partial charge in [0.1, 0.15) is 0 Å². The number of halogens is 2. The van der Waals surface area contributed by atoms with Gasteiger partial charge in [-0.3, -0.25) is 4.90 Å². The van der Waals surface area contributed by atoms with Gasteiger partial charge in [-0.2, -0.15) is 0 Å². The average molecular weight is 236 g/mol. The zero-order valence-corrected chi connectivity index (χ0v) is 11.0. The first-order valence-corrected chi connectivity index (χ1v) is 6.28. The lowest BCUT2D eigenvalue weighted by Gasteiger charge is -2.34. The molecule has 0 saturated carbocycles. The quantitative estimate of drug-likeness (QED) is 0.662. The monoisotopic (exact) mass is 236 g/mol. The van der Waals surface area contributed by atoms with Gasteiger partial charge in [0.25, 0.3) is 6.43 Å². The number of hydrogen-bond donors (Lipinski definition) is 1. The molecule has 0 aliphatic heterocycles. The maximum Gasteiger partial charge on any atom is 0.251 e. The van der Waals surface area contributed by atoms with E-state index in [1.54, 1.807) is 11.9 Å². The largest absolute Gasteiger partial charge is 0.313 e. The maximum absolute atomic E-state index is 12.4. The molecule has 2 nitrogen and oxygen atoms in total. The van der Waals surface area contributed by atoms with Gasteiger partial charge in [-0.15, -0.1) is 0 Å². The molecule has 0 bridgehead atoms. The second-order valence-electron chi connectivity index (χ2n) is 4.26. The summed E-state index contributed by atoms with van der Waals surface area (Å²) in [5.41, 5.74) is 0. The summed E-state index contributed by atoms with van der Waals surface area (Å²) in [6.07, 6.45) is 0.778. The van der Waals surface area contributed by atoms with Crippen molar-refractivity contribution in [2.45, 2.75) is 58.5 Å². The van der Waals surface area contributed by atoms with Crippen molar-refractivity contribution >= 4 is 0 Å². The zero-order valence-electron chi connectivity index (χ0n) is 11.0. The van der Waals surface area contributed by atoms with Crippen molar-refractivity contribution in [3.05, 3.63) is 0 Å². The second-order valence-corrected chi connectivity index (χ2v) is 4.26. The maximum atomic E-state index is 12.4. The van der Waals surface area contributed by atoms with E-state index in [0.29, 0.717) is 6.04 Å². The molecule has 16 heavy (non-hydrogen) atoms. The molecule has 2 atom stereocenters. The van der Waals surface area contributed by atoms with Crippen LogP contribution in [-0.2, 0) is 0 Å². The van der Waals surface area contributed by atoms with Crippen LogP contribution in [0.5, 0.6) is 0 Å². The van der Waals surface area contributed by atoms with Gasteiger partial charge < -0.3 is 5.32 Å². The molecule has 0 aromatic carbocycles. The van der Waals surface area contributed by atoms with Crippen molar-refractivity contribution in [3.63, 3.8) is 0 Å². The zero-order chi connectivity index (χ0) is 12.6. The van der Waals surface area contributed by atoms with Gasteiger partial charge in [-0.25, -0.2) is 8.78 Å². The van der Waals surface area contributed by atoms with Crippen molar-refractivity contribution in [1.82, 2.24) is 10.2 Å². The van der Waals surface area contributed by atoms with E-state index in [9.17, 15) is 8.78 Å². The highest BCUT2D eigenvalue weighted by Crippen LogP contribution is 2.13. The minimum Gasteiger partial charge on any atom is -0.313 e. The Morgan fingerprint density at radius 2 is 1.81 bits per heavy atom. The Hall–Kier alpha value is -0.220. The van der Waals surface area contributed by atoms with E-state index >= 15 is 0 Å². The lowest BCUT2D eigenvalue weighted by Crippen LogP contribution is -2.49. The minimum atomic E-state index is -2.25. The molecule has 2 unspecified atom stereocenters. The molecule has 0 fully saturated rings. The Kier molecular flexibility index (Phi) is 8.76. The predicted octanol–water partition coefficient (Wildman–Crippen LogP) is 2.74. The summed E-state index contributed by atoms with van der Waals surface area (Å²) in [7, 11) is 1.79. The lowest BCUT2D eigenvalue weighted by molar-refractivity contribution is 0.0678. The summed E-state index contributed by atoms with van der Waals surface area (Å²) in [6, 6.07) is 0.526. The third-order valence-corrected chi connectivity index (χ3v) is 2.94. The Morgan fingerprint density at radius 3 is 2.19 bits per heavy atom. The molecule has 0 spiro atoms. The van der Waals surface area contributed by atoms with Gasteiger partial charge >= 0.3 is 0 Å². The van der Waals surface area contributed by atoms with Crippen LogP contribution in [0.15, 0.2) is 0 Å². The molecular formula is C12H26F2N2. The van der Waals surface area contributed by atoms with Crippen molar-refractivity contribution in [3.8, 4) is 0 Å². The third kappa shape index (κ3) is 5.75. The summed E-state index contributed by atoms with van der Waals surface area (Å²) in [5, 5.41) is 3.40. The van der Waals surface area contributed by atoms with Crippen molar-refractivity contribution in [1.29, 1.82) is 0 Å². The highest BCUT2D eigenvalue weighted by Gasteiger charge is 2.24. The van der Waals surface area contributed by atoms with Gasteiger partial charge in [0.2, 0.25) is 0 Å². The molecule has 1 N–H and O–H groups in total. The van der Waals surface area contributed by atoms with Gasteiger partial charge in [0.05, 0.1) is 6.54 Å². The molecule has 0 amide bonds. The Morgan fingerprint density at radius 1 is 1.19 bits per heavy atom. The van der Waals surface area contributed by atoms with Crippen LogP contribution in [0, 0.1) is 0 Å². The van der Waals surface area contributed by atoms with Crippen LogP contribution in [0.2, 0.25) is 0 Å². The molecule has 0 radical (unpaired) electrons. The summed E-state index contributed by atoms with van der Waals surface area (Å²) in [5.74, 6) is 0. The SMILES string of the molecule is CCCC(NCC)C(CC)N(C)CC(F)F. The molecule has 0 heterocycles. The van der Waals surface area contributed by atoms with E-state index in [4.69, 9.17) is 0 Å². The van der Waals surface area contributed by atoms with Crippen LogP contribution in [0.1, 0.15) is 40.0 Å². The highest BCUT2D eigenvalue weighted by molar-refractivity contribution is 4.82. The number of nitrogens with zero attached hydrogens (tertiary/aromatic N) is 1. The molecule has 4 heteroatoms. The van der Waals surface area contributed by atoms with Crippen molar-refractivity contribution < 1.29 is 8.78 Å². The van der Waals surface area contributed by atoms with E-state index in [1.165, 1.54) is 0 Å². The van der Waals surface area contributed by atoms with Gasteiger partial charge in [0.15, 0.2) is 0 Å². The molecule has 98 valence electrons. The van der Waals surface area contributed by atoms with Crippen LogP contribution in [0.25, 0.3) is 0 Å². The fraction of sp³-hybridized carbons (Fsp3) is 1.00. The number of nitrogens with one attached hydrogen (secondary N) is 1. The van der Waals surface area contributed by atoms with Gasteiger partial charge in [-0.1, -0.05) is 27.2 Å². The summed E-state index contributed by atoms with van der Waals surface area (Å²) < 4.78 is 24.7. The lowest BCUT2D eigenvalue weighted by atomic mass is 9.99. The molecule has 0 rings (SSSR count). The topological polar surface area (TPSA) is 15.3 Å². The second kappa shape index (κ2) is 8.88. The molecular weight excluding hydrogens is 210 g/mol. The summed E-state index contributed by atoms with van der Waals surface area (Å²) in [6.45, 7) is 7.01. The first-order chi connectivity index (χ1) is 7.56. The normalized spacial score (nSPS) is 15.8. The van der Waals surface area contributed by atoms with Gasteiger partial charge in [0, 0.05) is 12.1 Å². The Balaban J connectivity index is 4.38. The average Bonchev–Trinajstić information content (AvgIpc) is 2.18. The number of hydrogen-bond acceptors (Lipinski definition) is 2. The first-order valence-electron chi connectivity index (χ1n) is 6.28. The standard InChI is InChI=1S/C12H26F2N2/c1-5-8-10(15-7-3)11(6-2)16(4)9-12(13)14/h10-12,15H,5-9H2,1-4H3. The van der Waals surface area contributed by atoms with E-state index < -0.39 is 6.43 Å². The van der Waals surface area contributed by atoms with Crippen LogP contribution >= 0.6 is 0 Å². The molecule has 0 aromatic rings. The highest BCUT2D eigenvalue weighted by atomic mass is 19.3. The minimum absolute atomic E-state index is 0.135. The van der Waals surface area contributed by atoms with E-state index in [1.807, 2.05) is 0 Å². The Labute approximate surface area is 98.4 Å². The number of rotatable bonds is 9. The molecule has 0 aliphatic rings. The smallest absolute Gasteiger partial charge is 0.251 e. The summed E-state index contributed by atoms with van der Waals surface area (Å²) in [4.78, 5) is 1.79. The van der Waals surface area contributed by atoms with Crippen LogP contribution < -0.4 is 5.32 Å². The van der Waals surface area contributed by atoms with Crippen LogP contribution in [-0.4, -0.2) is 43.5 Å². The van der Waals surface area contributed by atoms with Crippen molar-refractivity contribution in [2.75, 3.05) is 20.1 Å². The predicted molar refractivity (Wildman–Crippen MR) is 65.1 cm³/mol. The van der Waals surface area contributed by atoms with E-state index in [-0.39, 0.29) is 12.6 Å². The first kappa shape index (κ1) is 15.8. The molecule has 0 aliphatic carbocycles. The Bertz CT molecular complexity index is 159.